The van der Waals surface area contributed by atoms with Crippen LogP contribution in [0.2, 0.25) is 0 Å². The number of aromatic nitrogens is 2. The van der Waals surface area contributed by atoms with Crippen LogP contribution in [0.15, 0.2) is 18.6 Å². The molecule has 1 aromatic heterocycles. The van der Waals surface area contributed by atoms with E-state index in [2.05, 4.69) is 32.5 Å². The van der Waals surface area contributed by atoms with Crippen molar-refractivity contribution in [3.63, 3.8) is 0 Å². The zero-order valence-corrected chi connectivity index (χ0v) is 15.3. The summed E-state index contributed by atoms with van der Waals surface area (Å²) >= 11 is 0. The average molecular weight is 345 g/mol. The van der Waals surface area contributed by atoms with Crippen molar-refractivity contribution in [1.82, 2.24) is 20.2 Å². The van der Waals surface area contributed by atoms with Crippen molar-refractivity contribution >= 4 is 11.7 Å². The third-order valence-corrected chi connectivity index (χ3v) is 5.72. The standard InChI is InChI=1S/C19H31N5O/c1-24(17-4-2-3-5-17)13-12-22-19(25)15-6-8-16(9-7-15)23-18-14-20-10-11-21-18/h10-11,14-17H,2-9,12-13H2,1H3,(H,21,23)(H,22,25). The Balaban J connectivity index is 1.32. The number of nitrogens with one attached hydrogen (secondary N) is 2. The van der Waals surface area contributed by atoms with Gasteiger partial charge in [-0.3, -0.25) is 9.78 Å². The number of nitrogens with zero attached hydrogens (tertiary/aromatic N) is 3. The molecule has 25 heavy (non-hydrogen) atoms. The molecule has 2 aliphatic carbocycles. The molecule has 6 heteroatoms. The monoisotopic (exact) mass is 345 g/mol. The molecule has 1 amide bonds. The van der Waals surface area contributed by atoms with Crippen LogP contribution in [0.5, 0.6) is 0 Å². The van der Waals surface area contributed by atoms with Gasteiger partial charge in [-0.05, 0) is 45.6 Å². The molecule has 0 radical (unpaired) electrons. The zero-order chi connectivity index (χ0) is 17.5. The van der Waals surface area contributed by atoms with Crippen molar-refractivity contribution in [3.8, 4) is 0 Å². The van der Waals surface area contributed by atoms with Crippen LogP contribution in [-0.4, -0.2) is 53.0 Å². The van der Waals surface area contributed by atoms with E-state index in [9.17, 15) is 4.79 Å². The number of hydrogen-bond acceptors (Lipinski definition) is 5. The molecule has 138 valence electrons. The lowest BCUT2D eigenvalue weighted by Crippen LogP contribution is -2.41. The molecular formula is C19H31N5O. The first-order valence-corrected chi connectivity index (χ1v) is 9.73. The third kappa shape index (κ3) is 5.39. The van der Waals surface area contributed by atoms with Crippen LogP contribution >= 0.6 is 0 Å². The largest absolute Gasteiger partial charge is 0.366 e. The number of carbonyl (C=O) groups excluding carboxylic acids is 1. The van der Waals surface area contributed by atoms with E-state index in [-0.39, 0.29) is 11.8 Å². The van der Waals surface area contributed by atoms with Crippen molar-refractivity contribution in [1.29, 1.82) is 0 Å². The van der Waals surface area contributed by atoms with Gasteiger partial charge in [0.15, 0.2) is 0 Å². The van der Waals surface area contributed by atoms with Gasteiger partial charge in [0.05, 0.1) is 6.20 Å². The Hall–Kier alpha value is -1.69. The summed E-state index contributed by atoms with van der Waals surface area (Å²) in [6.07, 6.45) is 14.4. The number of amides is 1. The lowest BCUT2D eigenvalue weighted by atomic mass is 9.85. The Kier molecular flexibility index (Phi) is 6.62. The highest BCUT2D eigenvalue weighted by molar-refractivity contribution is 5.78. The van der Waals surface area contributed by atoms with Crippen LogP contribution in [0, 0.1) is 5.92 Å². The number of hydrogen-bond donors (Lipinski definition) is 2. The second kappa shape index (κ2) is 9.13. The molecule has 1 aromatic rings. The Morgan fingerprint density at radius 2 is 1.92 bits per heavy atom. The van der Waals surface area contributed by atoms with Gasteiger partial charge in [-0.2, -0.15) is 0 Å². The summed E-state index contributed by atoms with van der Waals surface area (Å²) in [6, 6.07) is 1.12. The predicted molar refractivity (Wildman–Crippen MR) is 99.3 cm³/mol. The van der Waals surface area contributed by atoms with E-state index < -0.39 is 0 Å². The molecule has 2 saturated carbocycles. The van der Waals surface area contributed by atoms with E-state index >= 15 is 0 Å². The number of likely N-dealkylation sites (N-methyl/N-ethyl adjacent to an activating group) is 1. The van der Waals surface area contributed by atoms with Gasteiger partial charge in [0.1, 0.15) is 5.82 Å². The quantitative estimate of drug-likeness (QED) is 0.794. The lowest BCUT2D eigenvalue weighted by Gasteiger charge is -2.29. The smallest absolute Gasteiger partial charge is 0.223 e. The molecule has 0 aliphatic heterocycles. The molecule has 2 N–H and O–H groups in total. The molecular weight excluding hydrogens is 314 g/mol. The minimum Gasteiger partial charge on any atom is -0.366 e. The number of rotatable bonds is 7. The summed E-state index contributed by atoms with van der Waals surface area (Å²) in [6.45, 7) is 1.73. The van der Waals surface area contributed by atoms with Gasteiger partial charge in [0.2, 0.25) is 5.91 Å². The highest BCUT2D eigenvalue weighted by atomic mass is 16.1. The Morgan fingerprint density at radius 1 is 1.16 bits per heavy atom. The van der Waals surface area contributed by atoms with Gasteiger partial charge in [-0.1, -0.05) is 12.8 Å². The van der Waals surface area contributed by atoms with Gasteiger partial charge in [0.25, 0.3) is 0 Å². The first-order valence-electron chi connectivity index (χ1n) is 9.73. The SMILES string of the molecule is CN(CCNC(=O)C1CCC(Nc2cnccn2)CC1)C1CCCC1. The van der Waals surface area contributed by atoms with Crippen LogP contribution in [0.25, 0.3) is 0 Å². The first kappa shape index (κ1) is 18.1. The second-order valence-corrected chi connectivity index (χ2v) is 7.49. The molecule has 0 bridgehead atoms. The summed E-state index contributed by atoms with van der Waals surface area (Å²) < 4.78 is 0. The van der Waals surface area contributed by atoms with Crippen LogP contribution in [0.3, 0.4) is 0 Å². The molecule has 0 atom stereocenters. The topological polar surface area (TPSA) is 70.2 Å². The van der Waals surface area contributed by atoms with E-state index in [0.29, 0.717) is 6.04 Å². The summed E-state index contributed by atoms with van der Waals surface area (Å²) in [5.41, 5.74) is 0. The van der Waals surface area contributed by atoms with Crippen molar-refractivity contribution < 1.29 is 4.79 Å². The molecule has 0 saturated heterocycles. The second-order valence-electron chi connectivity index (χ2n) is 7.49. The van der Waals surface area contributed by atoms with E-state index in [1.54, 1.807) is 18.6 Å². The van der Waals surface area contributed by atoms with Crippen molar-refractivity contribution in [2.75, 3.05) is 25.5 Å². The van der Waals surface area contributed by atoms with Crippen molar-refractivity contribution in [2.24, 2.45) is 5.92 Å². The van der Waals surface area contributed by atoms with Crippen LogP contribution in [-0.2, 0) is 4.79 Å². The van der Waals surface area contributed by atoms with Crippen molar-refractivity contribution in [3.05, 3.63) is 18.6 Å². The van der Waals surface area contributed by atoms with Gasteiger partial charge >= 0.3 is 0 Å². The summed E-state index contributed by atoms with van der Waals surface area (Å²) in [5, 5.41) is 6.57. The Morgan fingerprint density at radius 3 is 2.60 bits per heavy atom. The summed E-state index contributed by atoms with van der Waals surface area (Å²) in [4.78, 5) is 23.1. The predicted octanol–water partition coefficient (Wildman–Crippen LogP) is 2.44. The molecule has 6 nitrogen and oxygen atoms in total. The van der Waals surface area contributed by atoms with E-state index in [1.807, 2.05) is 0 Å². The van der Waals surface area contributed by atoms with Crippen LogP contribution in [0.1, 0.15) is 51.4 Å². The normalized spacial score (nSPS) is 24.4. The fourth-order valence-corrected chi connectivity index (χ4v) is 4.11. The van der Waals surface area contributed by atoms with Crippen LogP contribution < -0.4 is 10.6 Å². The number of carbonyl (C=O) groups is 1. The van der Waals surface area contributed by atoms with Gasteiger partial charge in [-0.15, -0.1) is 0 Å². The fraction of sp³-hybridized carbons (Fsp3) is 0.737. The maximum absolute atomic E-state index is 12.4. The molecule has 1 heterocycles. The van der Waals surface area contributed by atoms with E-state index in [1.165, 1.54) is 25.7 Å². The van der Waals surface area contributed by atoms with E-state index in [0.717, 1.165) is 50.6 Å². The molecule has 3 rings (SSSR count). The first-order chi connectivity index (χ1) is 12.2. The summed E-state index contributed by atoms with van der Waals surface area (Å²) in [5.74, 6) is 1.22. The minimum atomic E-state index is 0.164. The Labute approximate surface area is 150 Å². The van der Waals surface area contributed by atoms with Gasteiger partial charge < -0.3 is 15.5 Å². The molecule has 0 spiro atoms. The van der Waals surface area contributed by atoms with Crippen molar-refractivity contribution in [2.45, 2.75) is 63.5 Å². The molecule has 0 aromatic carbocycles. The average Bonchev–Trinajstić information content (AvgIpc) is 3.18. The molecule has 2 aliphatic rings. The van der Waals surface area contributed by atoms with Crippen LogP contribution in [0.4, 0.5) is 5.82 Å². The highest BCUT2D eigenvalue weighted by Gasteiger charge is 2.26. The maximum Gasteiger partial charge on any atom is 0.223 e. The zero-order valence-electron chi connectivity index (χ0n) is 15.3. The van der Waals surface area contributed by atoms with Gasteiger partial charge in [0, 0.05) is 43.5 Å². The molecule has 2 fully saturated rings. The number of anilines is 1. The molecule has 0 unspecified atom stereocenters. The summed E-state index contributed by atoms with van der Waals surface area (Å²) in [7, 11) is 2.19. The highest BCUT2D eigenvalue weighted by Crippen LogP contribution is 2.26. The van der Waals surface area contributed by atoms with E-state index in [4.69, 9.17) is 0 Å². The van der Waals surface area contributed by atoms with Gasteiger partial charge in [-0.25, -0.2) is 4.98 Å². The third-order valence-electron chi connectivity index (χ3n) is 5.72. The maximum atomic E-state index is 12.4. The fourth-order valence-electron chi connectivity index (χ4n) is 4.11. The minimum absolute atomic E-state index is 0.164. The Bertz CT molecular complexity index is 524. The lowest BCUT2D eigenvalue weighted by molar-refractivity contribution is -0.126.